The van der Waals surface area contributed by atoms with Gasteiger partial charge in [0.2, 0.25) is 0 Å². The highest BCUT2D eigenvalue weighted by Crippen LogP contribution is 2.39. The number of nitrogens with one attached hydrogen (secondary N) is 1. The lowest BCUT2D eigenvalue weighted by Crippen LogP contribution is -2.30. The van der Waals surface area contributed by atoms with Gasteiger partial charge in [0.15, 0.2) is 0 Å². The van der Waals surface area contributed by atoms with Crippen LogP contribution in [-0.2, 0) is 0 Å². The second-order valence-corrected chi connectivity index (χ2v) is 3.85. The second-order valence-electron chi connectivity index (χ2n) is 3.85. The van der Waals surface area contributed by atoms with Crippen molar-refractivity contribution in [2.45, 2.75) is 19.0 Å². The molecule has 1 aromatic rings. The lowest BCUT2D eigenvalue weighted by atomic mass is 9.95. The van der Waals surface area contributed by atoms with Gasteiger partial charge in [-0.2, -0.15) is 13.2 Å². The first kappa shape index (κ1) is 13.8. The summed E-state index contributed by atoms with van der Waals surface area (Å²) in [6.45, 7) is 1.57. The van der Waals surface area contributed by atoms with Crippen LogP contribution in [0.5, 0.6) is 5.75 Å². The summed E-state index contributed by atoms with van der Waals surface area (Å²) in [4.78, 5) is 0. The SMILES string of the molecule is CNCC(c1cccc(C)c1OC)C(F)(F)F. The van der Waals surface area contributed by atoms with E-state index < -0.39 is 12.1 Å². The molecule has 1 unspecified atom stereocenters. The molecule has 1 N–H and O–H groups in total. The molecule has 0 saturated heterocycles. The normalized spacial score (nSPS) is 13.5. The van der Waals surface area contributed by atoms with Gasteiger partial charge in [-0.3, -0.25) is 0 Å². The van der Waals surface area contributed by atoms with Crippen molar-refractivity contribution in [3.63, 3.8) is 0 Å². The van der Waals surface area contributed by atoms with Gasteiger partial charge in [0, 0.05) is 12.1 Å². The highest BCUT2D eigenvalue weighted by Gasteiger charge is 2.41. The predicted octanol–water partition coefficient (Wildman–Crippen LogP) is 2.87. The standard InChI is InChI=1S/C12H16F3NO/c1-8-5-4-6-9(11(8)17-3)10(7-16-2)12(13,14)15/h4-6,10,16H,7H2,1-3H3. The molecule has 0 bridgehead atoms. The average Bonchev–Trinajstić information content (AvgIpc) is 2.24. The number of rotatable bonds is 4. The average molecular weight is 247 g/mol. The molecule has 5 heteroatoms. The Bertz CT molecular complexity index is 377. The number of alkyl halides is 3. The first-order valence-electron chi connectivity index (χ1n) is 5.26. The van der Waals surface area contributed by atoms with E-state index in [-0.39, 0.29) is 12.1 Å². The van der Waals surface area contributed by atoms with Crippen LogP contribution in [0.15, 0.2) is 18.2 Å². The molecule has 0 spiro atoms. The Hall–Kier alpha value is -1.23. The van der Waals surface area contributed by atoms with Gasteiger partial charge in [-0.05, 0) is 19.5 Å². The van der Waals surface area contributed by atoms with Crippen molar-refractivity contribution < 1.29 is 17.9 Å². The van der Waals surface area contributed by atoms with Crippen LogP contribution in [-0.4, -0.2) is 26.9 Å². The van der Waals surface area contributed by atoms with Crippen LogP contribution in [0.3, 0.4) is 0 Å². The van der Waals surface area contributed by atoms with Crippen molar-refractivity contribution in [2.24, 2.45) is 0 Å². The van der Waals surface area contributed by atoms with Gasteiger partial charge in [0.05, 0.1) is 13.0 Å². The van der Waals surface area contributed by atoms with Crippen LogP contribution in [0.4, 0.5) is 13.2 Å². The van der Waals surface area contributed by atoms with Gasteiger partial charge in [0.1, 0.15) is 5.75 Å². The van der Waals surface area contributed by atoms with Crippen LogP contribution in [0.2, 0.25) is 0 Å². The molecule has 0 fully saturated rings. The zero-order valence-corrected chi connectivity index (χ0v) is 10.1. The summed E-state index contributed by atoms with van der Waals surface area (Å²) in [5.74, 6) is -1.24. The fourth-order valence-electron chi connectivity index (χ4n) is 1.83. The number of hydrogen-bond acceptors (Lipinski definition) is 2. The van der Waals surface area contributed by atoms with Crippen molar-refractivity contribution in [2.75, 3.05) is 20.7 Å². The topological polar surface area (TPSA) is 21.3 Å². The molecule has 0 heterocycles. The van der Waals surface area contributed by atoms with Crippen LogP contribution >= 0.6 is 0 Å². The number of para-hydroxylation sites is 1. The monoisotopic (exact) mass is 247 g/mol. The molecule has 1 atom stereocenters. The number of hydrogen-bond donors (Lipinski definition) is 1. The minimum absolute atomic E-state index is 0.163. The van der Waals surface area contributed by atoms with Gasteiger partial charge in [-0.25, -0.2) is 0 Å². The van der Waals surface area contributed by atoms with E-state index in [0.29, 0.717) is 11.3 Å². The summed E-state index contributed by atoms with van der Waals surface area (Å²) < 4.78 is 43.9. The molecule has 96 valence electrons. The Morgan fingerprint density at radius 2 is 2.00 bits per heavy atom. The number of likely N-dealkylation sites (N-methyl/N-ethyl adjacent to an activating group) is 1. The quantitative estimate of drug-likeness (QED) is 0.883. The molecule has 17 heavy (non-hydrogen) atoms. The van der Waals surface area contributed by atoms with E-state index in [4.69, 9.17) is 4.74 Å². The third-order valence-corrected chi connectivity index (χ3v) is 2.63. The maximum atomic E-state index is 12.9. The fraction of sp³-hybridized carbons (Fsp3) is 0.500. The van der Waals surface area contributed by atoms with Crippen molar-refractivity contribution in [3.8, 4) is 5.75 Å². The fourth-order valence-corrected chi connectivity index (χ4v) is 1.83. The number of benzene rings is 1. The molecule has 2 nitrogen and oxygen atoms in total. The molecular formula is C12H16F3NO. The van der Waals surface area contributed by atoms with Crippen LogP contribution in [0.25, 0.3) is 0 Å². The minimum atomic E-state index is -4.29. The van der Waals surface area contributed by atoms with E-state index >= 15 is 0 Å². The van der Waals surface area contributed by atoms with E-state index in [2.05, 4.69) is 5.32 Å². The lowest BCUT2D eigenvalue weighted by molar-refractivity contribution is -0.149. The highest BCUT2D eigenvalue weighted by molar-refractivity contribution is 5.43. The Kier molecular flexibility index (Phi) is 4.40. The van der Waals surface area contributed by atoms with E-state index in [1.54, 1.807) is 19.1 Å². The largest absolute Gasteiger partial charge is 0.496 e. The first-order chi connectivity index (χ1) is 7.91. The summed E-state index contributed by atoms with van der Waals surface area (Å²) in [7, 11) is 2.89. The molecule has 0 amide bonds. The number of methoxy groups -OCH3 is 1. The number of halogens is 3. The Labute approximate surface area is 98.8 Å². The van der Waals surface area contributed by atoms with Crippen molar-refractivity contribution >= 4 is 0 Å². The van der Waals surface area contributed by atoms with Crippen molar-refractivity contribution in [3.05, 3.63) is 29.3 Å². The molecule has 0 aliphatic rings. The van der Waals surface area contributed by atoms with E-state index in [1.807, 2.05) is 0 Å². The van der Waals surface area contributed by atoms with Crippen molar-refractivity contribution in [1.82, 2.24) is 5.32 Å². The van der Waals surface area contributed by atoms with Crippen molar-refractivity contribution in [1.29, 1.82) is 0 Å². The van der Waals surface area contributed by atoms with Gasteiger partial charge < -0.3 is 10.1 Å². The molecule has 0 aliphatic carbocycles. The Balaban J connectivity index is 3.23. The van der Waals surface area contributed by atoms with E-state index in [0.717, 1.165) is 0 Å². The van der Waals surface area contributed by atoms with Gasteiger partial charge in [0.25, 0.3) is 0 Å². The van der Waals surface area contributed by atoms with Crippen LogP contribution in [0, 0.1) is 6.92 Å². The second kappa shape index (κ2) is 5.40. The molecule has 1 rings (SSSR count). The molecule has 0 saturated carbocycles. The summed E-state index contributed by atoms with van der Waals surface area (Å²) in [6.07, 6.45) is -4.29. The van der Waals surface area contributed by atoms with Gasteiger partial charge in [-0.15, -0.1) is 0 Å². The minimum Gasteiger partial charge on any atom is -0.496 e. The van der Waals surface area contributed by atoms with E-state index in [1.165, 1.54) is 20.2 Å². The third-order valence-electron chi connectivity index (χ3n) is 2.63. The summed E-state index contributed by atoms with van der Waals surface area (Å²) >= 11 is 0. The molecule has 0 radical (unpaired) electrons. The summed E-state index contributed by atoms with van der Waals surface area (Å²) in [6, 6.07) is 4.80. The summed E-state index contributed by atoms with van der Waals surface area (Å²) in [5, 5.41) is 2.57. The zero-order chi connectivity index (χ0) is 13.1. The Morgan fingerprint density at radius 1 is 1.35 bits per heavy atom. The predicted molar refractivity (Wildman–Crippen MR) is 60.5 cm³/mol. The van der Waals surface area contributed by atoms with Crippen LogP contribution < -0.4 is 10.1 Å². The highest BCUT2D eigenvalue weighted by atomic mass is 19.4. The maximum absolute atomic E-state index is 12.9. The lowest BCUT2D eigenvalue weighted by Gasteiger charge is -2.23. The Morgan fingerprint density at radius 3 is 2.47 bits per heavy atom. The molecule has 1 aromatic carbocycles. The maximum Gasteiger partial charge on any atom is 0.397 e. The van der Waals surface area contributed by atoms with Crippen LogP contribution in [0.1, 0.15) is 17.0 Å². The molecule has 0 aliphatic heterocycles. The third kappa shape index (κ3) is 3.12. The summed E-state index contributed by atoms with van der Waals surface area (Å²) in [5.41, 5.74) is 0.879. The zero-order valence-electron chi connectivity index (χ0n) is 10.1. The molecular weight excluding hydrogens is 231 g/mol. The number of aryl methyl sites for hydroxylation is 1. The van der Waals surface area contributed by atoms with E-state index in [9.17, 15) is 13.2 Å². The smallest absolute Gasteiger partial charge is 0.397 e. The van der Waals surface area contributed by atoms with Gasteiger partial charge in [-0.1, -0.05) is 18.2 Å². The van der Waals surface area contributed by atoms with Gasteiger partial charge >= 0.3 is 6.18 Å². The molecule has 0 aromatic heterocycles. The number of ether oxygens (including phenoxy) is 1. The first-order valence-corrected chi connectivity index (χ1v) is 5.26.